The molecule has 0 aliphatic rings. The molecule has 0 unspecified atom stereocenters. The van der Waals surface area contributed by atoms with E-state index in [-0.39, 0.29) is 11.5 Å². The number of carbonyl (C=O) groups excluding carboxylic acids is 1. The van der Waals surface area contributed by atoms with Crippen LogP contribution in [0.1, 0.15) is 34.1 Å². The minimum absolute atomic E-state index is 0.0394. The van der Waals surface area contributed by atoms with Gasteiger partial charge in [0, 0.05) is 6.42 Å². The number of esters is 1. The molecule has 0 N–H and O–H groups in total. The summed E-state index contributed by atoms with van der Waals surface area (Å²) in [5.74, 6) is -0.135. The lowest BCUT2D eigenvalue weighted by atomic mass is 9.78. The zero-order valence-corrected chi connectivity index (χ0v) is 11.5. The molecule has 0 amide bonds. The van der Waals surface area contributed by atoms with Crippen molar-refractivity contribution in [2.75, 3.05) is 28.3 Å². The summed E-state index contributed by atoms with van der Waals surface area (Å²) < 4.78 is 5.65. The lowest BCUT2D eigenvalue weighted by molar-refractivity contribution is -0.920. The van der Waals surface area contributed by atoms with Gasteiger partial charge in [0.05, 0.1) is 39.2 Å². The summed E-state index contributed by atoms with van der Waals surface area (Å²) >= 11 is 0. The molecule has 90 valence electrons. The summed E-state index contributed by atoms with van der Waals surface area (Å²) in [5.41, 5.74) is -0.387. The summed E-state index contributed by atoms with van der Waals surface area (Å²) in [4.78, 5) is 11.6. The average molecular weight is 216 g/mol. The van der Waals surface area contributed by atoms with Gasteiger partial charge in [0.25, 0.3) is 0 Å². The van der Waals surface area contributed by atoms with Gasteiger partial charge in [-0.1, -0.05) is 0 Å². The molecular weight excluding hydrogens is 190 g/mol. The van der Waals surface area contributed by atoms with Crippen molar-refractivity contribution >= 4 is 5.97 Å². The van der Waals surface area contributed by atoms with E-state index in [1.807, 2.05) is 13.8 Å². The predicted octanol–water partition coefficient (Wildman–Crippen LogP) is 2.06. The second kappa shape index (κ2) is 4.12. The Labute approximate surface area is 94.0 Å². The van der Waals surface area contributed by atoms with Crippen LogP contribution in [0, 0.1) is 5.41 Å². The normalized spacial score (nSPS) is 13.9. The first kappa shape index (κ1) is 14.4. The second-order valence-electron chi connectivity index (χ2n) is 6.38. The summed E-state index contributed by atoms with van der Waals surface area (Å²) in [6.07, 6.45) is 0.802. The molecule has 0 heterocycles. The van der Waals surface area contributed by atoms with E-state index in [0.717, 1.165) is 10.9 Å². The highest BCUT2D eigenvalue weighted by Gasteiger charge is 2.42. The van der Waals surface area contributed by atoms with Crippen LogP contribution in [0.2, 0.25) is 0 Å². The molecule has 0 fully saturated rings. The van der Waals surface area contributed by atoms with Crippen molar-refractivity contribution < 1.29 is 14.0 Å². The van der Waals surface area contributed by atoms with Crippen LogP contribution in [0.4, 0.5) is 0 Å². The number of carbonyl (C=O) groups is 1. The number of hydrogen-bond donors (Lipinski definition) is 0. The maximum atomic E-state index is 11.6. The monoisotopic (exact) mass is 216 g/mol. The topological polar surface area (TPSA) is 26.3 Å². The molecule has 0 aromatic rings. The minimum Gasteiger partial charge on any atom is -0.469 e. The van der Waals surface area contributed by atoms with E-state index in [1.54, 1.807) is 0 Å². The maximum absolute atomic E-state index is 11.6. The third-order valence-electron chi connectivity index (χ3n) is 3.43. The largest absolute Gasteiger partial charge is 0.469 e. The lowest BCUT2D eigenvalue weighted by Gasteiger charge is -2.44. The predicted molar refractivity (Wildman–Crippen MR) is 62.5 cm³/mol. The van der Waals surface area contributed by atoms with Crippen LogP contribution in [0.15, 0.2) is 0 Å². The number of nitrogens with zero attached hydrogens (tertiary/aromatic N) is 1. The van der Waals surface area contributed by atoms with Crippen molar-refractivity contribution in [2.45, 2.75) is 39.7 Å². The molecule has 0 saturated heterocycles. The Kier molecular flexibility index (Phi) is 3.97. The number of ether oxygens (including phenoxy) is 1. The van der Waals surface area contributed by atoms with Crippen molar-refractivity contribution in [3.05, 3.63) is 0 Å². The minimum atomic E-state index is -0.427. The van der Waals surface area contributed by atoms with Crippen LogP contribution < -0.4 is 0 Å². The van der Waals surface area contributed by atoms with E-state index in [2.05, 4.69) is 35.0 Å². The molecule has 0 spiro atoms. The van der Waals surface area contributed by atoms with Crippen molar-refractivity contribution in [1.29, 1.82) is 0 Å². The molecule has 0 aromatic carbocycles. The van der Waals surface area contributed by atoms with Crippen LogP contribution >= 0.6 is 0 Å². The Morgan fingerprint density at radius 2 is 1.53 bits per heavy atom. The number of methoxy groups -OCH3 is 1. The molecule has 0 bridgehead atoms. The van der Waals surface area contributed by atoms with Gasteiger partial charge >= 0.3 is 5.97 Å². The van der Waals surface area contributed by atoms with Crippen LogP contribution in [-0.4, -0.2) is 44.2 Å². The lowest BCUT2D eigenvalue weighted by Crippen LogP contribution is -2.55. The molecule has 0 aromatic heterocycles. The van der Waals surface area contributed by atoms with E-state index in [9.17, 15) is 4.79 Å². The number of quaternary nitrogens is 1. The fourth-order valence-electron chi connectivity index (χ4n) is 1.67. The SMILES string of the molecule is COC(=O)C(C)(C)CC(C)(C)[N+](C)(C)C. The van der Waals surface area contributed by atoms with Gasteiger partial charge in [-0.15, -0.1) is 0 Å². The van der Waals surface area contributed by atoms with Crippen LogP contribution in [0.25, 0.3) is 0 Å². The average Bonchev–Trinajstić information content (AvgIpc) is 1.98. The van der Waals surface area contributed by atoms with Crippen molar-refractivity contribution in [2.24, 2.45) is 5.41 Å². The summed E-state index contributed by atoms with van der Waals surface area (Å²) in [6, 6.07) is 0. The quantitative estimate of drug-likeness (QED) is 0.531. The Morgan fingerprint density at radius 3 is 1.80 bits per heavy atom. The third-order valence-corrected chi connectivity index (χ3v) is 3.43. The Bertz CT molecular complexity index is 236. The van der Waals surface area contributed by atoms with Gasteiger partial charge in [0.2, 0.25) is 0 Å². The summed E-state index contributed by atoms with van der Waals surface area (Å²) in [6.45, 7) is 8.24. The zero-order chi connectivity index (χ0) is 12.5. The van der Waals surface area contributed by atoms with Crippen molar-refractivity contribution in [3.63, 3.8) is 0 Å². The van der Waals surface area contributed by atoms with E-state index in [4.69, 9.17) is 4.74 Å². The molecule has 3 nitrogen and oxygen atoms in total. The highest BCUT2D eigenvalue weighted by atomic mass is 16.5. The van der Waals surface area contributed by atoms with E-state index in [1.165, 1.54) is 7.11 Å². The Balaban J connectivity index is 4.80. The molecule has 3 heteroatoms. The van der Waals surface area contributed by atoms with Gasteiger partial charge in [0.1, 0.15) is 0 Å². The molecular formula is C12H26NO2+. The molecule has 0 rings (SSSR count). The number of rotatable bonds is 4. The highest BCUT2D eigenvalue weighted by molar-refractivity contribution is 5.75. The molecule has 0 radical (unpaired) electrons. The first-order chi connectivity index (χ1) is 6.44. The van der Waals surface area contributed by atoms with Gasteiger partial charge in [-0.25, -0.2) is 0 Å². The summed E-state index contributed by atoms with van der Waals surface area (Å²) in [5, 5.41) is 0. The van der Waals surface area contributed by atoms with Crippen molar-refractivity contribution in [3.8, 4) is 0 Å². The standard InChI is InChI=1S/C12H26NO2/c1-11(2,10(14)15-8)9-12(3,4)13(5,6)7/h9H2,1-8H3/q+1. The van der Waals surface area contributed by atoms with Gasteiger partial charge < -0.3 is 9.22 Å². The van der Waals surface area contributed by atoms with Crippen LogP contribution in [-0.2, 0) is 9.53 Å². The fourth-order valence-corrected chi connectivity index (χ4v) is 1.67. The first-order valence-electron chi connectivity index (χ1n) is 5.34. The van der Waals surface area contributed by atoms with E-state index < -0.39 is 5.41 Å². The maximum Gasteiger partial charge on any atom is 0.311 e. The first-order valence-corrected chi connectivity index (χ1v) is 5.34. The Hall–Kier alpha value is -0.570. The molecule has 0 aliphatic heterocycles. The van der Waals surface area contributed by atoms with Gasteiger partial charge in [-0.3, -0.25) is 4.79 Å². The molecule has 0 atom stereocenters. The third kappa shape index (κ3) is 3.49. The molecule has 15 heavy (non-hydrogen) atoms. The van der Waals surface area contributed by atoms with E-state index in [0.29, 0.717) is 0 Å². The van der Waals surface area contributed by atoms with E-state index >= 15 is 0 Å². The van der Waals surface area contributed by atoms with Crippen LogP contribution in [0.5, 0.6) is 0 Å². The van der Waals surface area contributed by atoms with Gasteiger partial charge in [0.15, 0.2) is 0 Å². The van der Waals surface area contributed by atoms with Gasteiger partial charge in [-0.05, 0) is 27.7 Å². The second-order valence-corrected chi connectivity index (χ2v) is 6.38. The number of hydrogen-bond acceptors (Lipinski definition) is 2. The smallest absolute Gasteiger partial charge is 0.311 e. The van der Waals surface area contributed by atoms with Gasteiger partial charge in [-0.2, -0.15) is 0 Å². The molecule has 0 aliphatic carbocycles. The summed E-state index contributed by atoms with van der Waals surface area (Å²) in [7, 11) is 7.89. The highest BCUT2D eigenvalue weighted by Crippen LogP contribution is 2.34. The van der Waals surface area contributed by atoms with Crippen LogP contribution in [0.3, 0.4) is 0 Å². The van der Waals surface area contributed by atoms with Crippen molar-refractivity contribution in [1.82, 2.24) is 0 Å². The molecule has 0 saturated carbocycles. The fraction of sp³-hybridized carbons (Fsp3) is 0.917. The Morgan fingerprint density at radius 1 is 1.13 bits per heavy atom. The zero-order valence-electron chi connectivity index (χ0n) is 11.5.